The lowest BCUT2D eigenvalue weighted by atomic mass is 9.98. The number of carbonyl (C=O) groups excluding carboxylic acids is 2. The predicted octanol–water partition coefficient (Wildman–Crippen LogP) is 4.10. The monoisotopic (exact) mass is 452 g/mol. The minimum atomic E-state index is -0.607. The van der Waals surface area contributed by atoms with Crippen LogP contribution >= 0.6 is 0 Å². The third-order valence-electron chi connectivity index (χ3n) is 6.10. The quantitative estimate of drug-likeness (QED) is 0.759. The van der Waals surface area contributed by atoms with Gasteiger partial charge in [-0.3, -0.25) is 0 Å². The lowest BCUT2D eigenvalue weighted by Gasteiger charge is -2.27. The van der Waals surface area contributed by atoms with Crippen molar-refractivity contribution in [2.75, 3.05) is 39.4 Å². The van der Waals surface area contributed by atoms with Gasteiger partial charge in [0.1, 0.15) is 12.2 Å². The van der Waals surface area contributed by atoms with E-state index in [4.69, 9.17) is 9.47 Å². The highest BCUT2D eigenvalue weighted by Crippen LogP contribution is 2.44. The van der Waals surface area contributed by atoms with Gasteiger partial charge in [0.15, 0.2) is 0 Å². The third-order valence-corrected chi connectivity index (χ3v) is 6.10. The number of nitrogens with zero attached hydrogens (tertiary/aromatic N) is 2. The Morgan fingerprint density at radius 1 is 0.909 bits per heavy atom. The molecule has 1 N–H and O–H groups in total. The van der Waals surface area contributed by atoms with Crippen LogP contribution in [0.25, 0.3) is 11.1 Å². The summed E-state index contributed by atoms with van der Waals surface area (Å²) in [5, 5.41) is 9.81. The second-order valence-corrected chi connectivity index (χ2v) is 9.72. The average Bonchev–Trinajstić information content (AvgIpc) is 2.94. The molecule has 1 saturated heterocycles. The van der Waals surface area contributed by atoms with Gasteiger partial charge in [-0.05, 0) is 43.0 Å². The second-order valence-electron chi connectivity index (χ2n) is 9.72. The lowest BCUT2D eigenvalue weighted by Crippen LogP contribution is -2.40. The molecule has 1 unspecified atom stereocenters. The summed E-state index contributed by atoms with van der Waals surface area (Å²) in [6.07, 6.45) is -0.864. The van der Waals surface area contributed by atoms with Crippen molar-refractivity contribution >= 4 is 12.2 Å². The third kappa shape index (κ3) is 5.14. The fourth-order valence-electron chi connectivity index (χ4n) is 4.56. The maximum atomic E-state index is 13.0. The Hall–Kier alpha value is -3.06. The van der Waals surface area contributed by atoms with Crippen molar-refractivity contribution in [3.05, 3.63) is 59.7 Å². The molecule has 176 valence electrons. The van der Waals surface area contributed by atoms with Crippen molar-refractivity contribution in [2.24, 2.45) is 5.92 Å². The molecule has 1 aliphatic heterocycles. The van der Waals surface area contributed by atoms with Crippen LogP contribution in [-0.2, 0) is 9.47 Å². The molecule has 2 aromatic carbocycles. The molecule has 1 aliphatic carbocycles. The molecule has 0 bridgehead atoms. The highest BCUT2D eigenvalue weighted by molar-refractivity contribution is 5.79. The fraction of sp³-hybridized carbons (Fsp3) is 0.462. The van der Waals surface area contributed by atoms with Gasteiger partial charge < -0.3 is 24.4 Å². The Morgan fingerprint density at radius 3 is 1.94 bits per heavy atom. The van der Waals surface area contributed by atoms with Crippen LogP contribution in [0.4, 0.5) is 9.59 Å². The molecule has 0 aromatic heterocycles. The Balaban J connectivity index is 1.42. The maximum absolute atomic E-state index is 13.0. The van der Waals surface area contributed by atoms with Crippen LogP contribution < -0.4 is 0 Å². The Bertz CT molecular complexity index is 970. The summed E-state index contributed by atoms with van der Waals surface area (Å²) in [5.41, 5.74) is 4.07. The summed E-state index contributed by atoms with van der Waals surface area (Å²) >= 11 is 0. The number of hydrogen-bond donors (Lipinski definition) is 1. The van der Waals surface area contributed by atoms with Crippen molar-refractivity contribution in [2.45, 2.75) is 32.3 Å². The minimum Gasteiger partial charge on any atom is -0.448 e. The van der Waals surface area contributed by atoms with Gasteiger partial charge in [-0.2, -0.15) is 0 Å². The first-order chi connectivity index (χ1) is 15.8. The Labute approximate surface area is 194 Å². The maximum Gasteiger partial charge on any atom is 0.410 e. The zero-order valence-corrected chi connectivity index (χ0v) is 19.5. The van der Waals surface area contributed by atoms with Crippen molar-refractivity contribution in [3.63, 3.8) is 0 Å². The number of aliphatic hydroxyl groups excluding tert-OH is 1. The SMILES string of the molecule is CC(C)(C)OC(=O)N1CCN(C(=O)OCC2c3ccccc3-c3ccccc32)CC(CO)C1. The zero-order chi connectivity index (χ0) is 23.6. The van der Waals surface area contributed by atoms with Crippen molar-refractivity contribution in [3.8, 4) is 11.1 Å². The van der Waals surface area contributed by atoms with Gasteiger partial charge in [0, 0.05) is 44.6 Å². The number of ether oxygens (including phenoxy) is 2. The zero-order valence-electron chi connectivity index (χ0n) is 19.5. The summed E-state index contributed by atoms with van der Waals surface area (Å²) in [4.78, 5) is 28.7. The van der Waals surface area contributed by atoms with Crippen LogP contribution in [0.1, 0.15) is 37.8 Å². The highest BCUT2D eigenvalue weighted by atomic mass is 16.6. The van der Waals surface area contributed by atoms with Gasteiger partial charge in [-0.1, -0.05) is 48.5 Å². The molecule has 0 saturated carbocycles. The van der Waals surface area contributed by atoms with Gasteiger partial charge in [0.05, 0.1) is 0 Å². The molecule has 7 nitrogen and oxygen atoms in total. The number of rotatable bonds is 3. The smallest absolute Gasteiger partial charge is 0.410 e. The number of carbonyl (C=O) groups is 2. The molecular weight excluding hydrogens is 420 g/mol. The molecule has 4 rings (SSSR count). The van der Waals surface area contributed by atoms with E-state index in [1.807, 2.05) is 45.0 Å². The van der Waals surface area contributed by atoms with Gasteiger partial charge in [0.25, 0.3) is 0 Å². The molecule has 1 fully saturated rings. The number of aliphatic hydroxyl groups is 1. The Kier molecular flexibility index (Phi) is 6.61. The van der Waals surface area contributed by atoms with Crippen LogP contribution in [0.15, 0.2) is 48.5 Å². The lowest BCUT2D eigenvalue weighted by molar-refractivity contribution is 0.0226. The predicted molar refractivity (Wildman–Crippen MR) is 125 cm³/mol. The average molecular weight is 453 g/mol. The molecule has 1 atom stereocenters. The van der Waals surface area contributed by atoms with Gasteiger partial charge in [-0.25, -0.2) is 9.59 Å². The largest absolute Gasteiger partial charge is 0.448 e. The first kappa shape index (κ1) is 23.1. The number of benzene rings is 2. The summed E-state index contributed by atoms with van der Waals surface area (Å²) < 4.78 is 11.2. The fourth-order valence-corrected chi connectivity index (χ4v) is 4.56. The first-order valence-corrected chi connectivity index (χ1v) is 11.5. The van der Waals surface area contributed by atoms with E-state index in [0.717, 1.165) is 11.1 Å². The van der Waals surface area contributed by atoms with E-state index in [2.05, 4.69) is 24.3 Å². The van der Waals surface area contributed by atoms with Crippen molar-refractivity contribution < 1.29 is 24.2 Å². The van der Waals surface area contributed by atoms with Gasteiger partial charge in [0.2, 0.25) is 0 Å². The summed E-state index contributed by atoms with van der Waals surface area (Å²) in [5.74, 6) is -0.277. The van der Waals surface area contributed by atoms with Crippen LogP contribution in [-0.4, -0.2) is 72.1 Å². The molecular formula is C26H32N2O5. The highest BCUT2D eigenvalue weighted by Gasteiger charge is 2.33. The molecule has 0 radical (unpaired) electrons. The normalized spacial score (nSPS) is 18.4. The van der Waals surface area contributed by atoms with Crippen LogP contribution in [0.5, 0.6) is 0 Å². The van der Waals surface area contributed by atoms with E-state index in [9.17, 15) is 14.7 Å². The number of amides is 2. The molecule has 2 amide bonds. The van der Waals surface area contributed by atoms with E-state index in [0.29, 0.717) is 26.2 Å². The van der Waals surface area contributed by atoms with E-state index in [1.165, 1.54) is 11.1 Å². The number of hydrogen-bond acceptors (Lipinski definition) is 5. The van der Waals surface area contributed by atoms with E-state index in [-0.39, 0.29) is 25.0 Å². The van der Waals surface area contributed by atoms with Crippen LogP contribution in [0.3, 0.4) is 0 Å². The van der Waals surface area contributed by atoms with Gasteiger partial charge in [-0.15, -0.1) is 0 Å². The van der Waals surface area contributed by atoms with Gasteiger partial charge >= 0.3 is 12.2 Å². The second kappa shape index (κ2) is 9.43. The molecule has 2 aliphatic rings. The van der Waals surface area contributed by atoms with E-state index < -0.39 is 17.8 Å². The molecule has 33 heavy (non-hydrogen) atoms. The summed E-state index contributed by atoms with van der Waals surface area (Å²) in [6, 6.07) is 16.4. The topological polar surface area (TPSA) is 79.3 Å². The van der Waals surface area contributed by atoms with E-state index in [1.54, 1.807) is 9.80 Å². The van der Waals surface area contributed by atoms with E-state index >= 15 is 0 Å². The first-order valence-electron chi connectivity index (χ1n) is 11.5. The van der Waals surface area contributed by atoms with Crippen molar-refractivity contribution in [1.29, 1.82) is 0 Å². The minimum absolute atomic E-state index is 0.0137. The standard InChI is InChI=1S/C26H32N2O5/c1-26(2,3)33-25(31)28-13-12-27(14-18(15-28)16-29)24(30)32-17-23-21-10-6-4-8-19(21)20-9-5-7-11-22(20)23/h4-11,18,23,29H,12-17H2,1-3H3. The molecule has 1 heterocycles. The summed E-state index contributed by atoms with van der Waals surface area (Å²) in [7, 11) is 0. The van der Waals surface area contributed by atoms with Crippen LogP contribution in [0, 0.1) is 5.92 Å². The van der Waals surface area contributed by atoms with Crippen LogP contribution in [0.2, 0.25) is 0 Å². The number of fused-ring (bicyclic) bond motifs is 3. The summed E-state index contributed by atoms with van der Waals surface area (Å²) in [6.45, 7) is 6.86. The molecule has 7 heteroatoms. The Morgan fingerprint density at radius 2 is 1.42 bits per heavy atom. The van der Waals surface area contributed by atoms with Crippen molar-refractivity contribution in [1.82, 2.24) is 9.80 Å². The molecule has 0 spiro atoms. The molecule has 2 aromatic rings.